The summed E-state index contributed by atoms with van der Waals surface area (Å²) >= 11 is 0. The second-order valence-corrected chi connectivity index (χ2v) is 10.2. The second kappa shape index (κ2) is 11.6. The topological polar surface area (TPSA) is 102 Å². The van der Waals surface area contributed by atoms with Crippen molar-refractivity contribution in [3.05, 3.63) is 65.7 Å². The Balaban J connectivity index is 1.62. The van der Waals surface area contributed by atoms with Crippen molar-refractivity contribution in [1.82, 2.24) is 10.2 Å². The van der Waals surface area contributed by atoms with E-state index in [0.29, 0.717) is 36.1 Å². The molecule has 1 heterocycles. The van der Waals surface area contributed by atoms with Crippen molar-refractivity contribution < 1.29 is 28.7 Å². The van der Waals surface area contributed by atoms with Gasteiger partial charge in [0.15, 0.2) is 12.0 Å². The number of rotatable bonds is 10. The molecule has 37 heavy (non-hydrogen) atoms. The number of hydrogen-bond acceptors (Lipinski definition) is 6. The smallest absolute Gasteiger partial charge is 0.338 e. The summed E-state index contributed by atoms with van der Waals surface area (Å²) in [6.07, 6.45) is 0.979. The van der Waals surface area contributed by atoms with Crippen molar-refractivity contribution >= 4 is 23.7 Å². The van der Waals surface area contributed by atoms with Crippen LogP contribution in [0.3, 0.4) is 0 Å². The first-order valence-electron chi connectivity index (χ1n) is 12.7. The fourth-order valence-electron chi connectivity index (χ4n) is 4.33. The van der Waals surface area contributed by atoms with Gasteiger partial charge in [-0.3, -0.25) is 9.59 Å². The minimum absolute atomic E-state index is 0.00176. The van der Waals surface area contributed by atoms with Crippen LogP contribution >= 0.6 is 0 Å². The molecule has 0 saturated carbocycles. The molecule has 1 aliphatic rings. The van der Waals surface area contributed by atoms with Crippen molar-refractivity contribution in [2.75, 3.05) is 6.54 Å². The molecule has 3 amide bonds. The standard InChI is InChI=1S/C29H36N2O6/c1-6-29(7-2)25(34)31(27(35)30-19-11-14-23(32)20-12-9-8-10-13-20)26(29)36-22-17-15-21(16-18-22)24(33)37-28(3,4)5/h8-10,12-13,15-18,26H,6-7,11,14,19H2,1-5H3,(H,30,35). The molecule has 1 saturated heterocycles. The van der Waals surface area contributed by atoms with Gasteiger partial charge in [-0.1, -0.05) is 44.2 Å². The van der Waals surface area contributed by atoms with E-state index >= 15 is 0 Å². The lowest BCUT2D eigenvalue weighted by atomic mass is 9.72. The van der Waals surface area contributed by atoms with Crippen LogP contribution < -0.4 is 10.1 Å². The van der Waals surface area contributed by atoms with Crippen LogP contribution in [0.2, 0.25) is 0 Å². The SMILES string of the molecule is CCC1(CC)C(=O)N(C(=O)NCCCC(=O)c2ccccc2)C1Oc1ccc(C(=O)OC(C)(C)C)cc1. The molecule has 0 aromatic heterocycles. The number of nitrogens with zero attached hydrogens (tertiary/aromatic N) is 1. The number of benzene rings is 2. The van der Waals surface area contributed by atoms with E-state index < -0.39 is 29.2 Å². The predicted octanol–water partition coefficient (Wildman–Crippen LogP) is 5.37. The average molecular weight is 509 g/mol. The lowest BCUT2D eigenvalue weighted by Gasteiger charge is -2.53. The molecule has 1 atom stereocenters. The van der Waals surface area contributed by atoms with Crippen LogP contribution in [0.1, 0.15) is 81.0 Å². The lowest BCUT2D eigenvalue weighted by Crippen LogP contribution is -2.73. The molecule has 0 aliphatic carbocycles. The Labute approximate surface area is 218 Å². The molecule has 0 radical (unpaired) electrons. The zero-order valence-electron chi connectivity index (χ0n) is 22.2. The van der Waals surface area contributed by atoms with Gasteiger partial charge in [0, 0.05) is 18.5 Å². The van der Waals surface area contributed by atoms with Gasteiger partial charge in [-0.15, -0.1) is 0 Å². The molecule has 2 aromatic carbocycles. The quantitative estimate of drug-likeness (QED) is 0.200. The lowest BCUT2D eigenvalue weighted by molar-refractivity contribution is -0.190. The van der Waals surface area contributed by atoms with E-state index in [1.807, 2.05) is 32.0 Å². The highest BCUT2D eigenvalue weighted by molar-refractivity contribution is 6.03. The maximum absolute atomic E-state index is 13.1. The summed E-state index contributed by atoms with van der Waals surface area (Å²) in [5.74, 6) is -0.295. The number of nitrogens with one attached hydrogen (secondary N) is 1. The van der Waals surface area contributed by atoms with Gasteiger partial charge >= 0.3 is 12.0 Å². The van der Waals surface area contributed by atoms with Crippen molar-refractivity contribution in [2.45, 2.75) is 72.1 Å². The molecule has 8 nitrogen and oxygen atoms in total. The molecular formula is C29H36N2O6. The number of amides is 3. The minimum Gasteiger partial charge on any atom is -0.469 e. The number of ether oxygens (including phenoxy) is 2. The van der Waals surface area contributed by atoms with Crippen molar-refractivity contribution in [2.24, 2.45) is 5.41 Å². The van der Waals surface area contributed by atoms with E-state index in [1.54, 1.807) is 57.2 Å². The third kappa shape index (κ3) is 6.37. The van der Waals surface area contributed by atoms with E-state index in [1.165, 1.54) is 0 Å². The number of Topliss-reactive ketones (excluding diaryl/α,β-unsaturated/α-hetero) is 1. The van der Waals surface area contributed by atoms with E-state index in [2.05, 4.69) is 5.32 Å². The van der Waals surface area contributed by atoms with Crippen LogP contribution in [0.25, 0.3) is 0 Å². The van der Waals surface area contributed by atoms with E-state index in [9.17, 15) is 19.2 Å². The van der Waals surface area contributed by atoms with Crippen LogP contribution in [-0.4, -0.2) is 47.0 Å². The molecule has 198 valence electrons. The van der Waals surface area contributed by atoms with E-state index in [-0.39, 0.29) is 24.7 Å². The summed E-state index contributed by atoms with van der Waals surface area (Å²) in [5, 5.41) is 2.74. The van der Waals surface area contributed by atoms with E-state index in [4.69, 9.17) is 9.47 Å². The van der Waals surface area contributed by atoms with Gasteiger partial charge < -0.3 is 14.8 Å². The van der Waals surface area contributed by atoms with Gasteiger partial charge in [0.2, 0.25) is 5.91 Å². The molecule has 1 fully saturated rings. The number of imide groups is 1. The Morgan fingerprint density at radius 1 is 0.946 bits per heavy atom. The Morgan fingerprint density at radius 3 is 2.14 bits per heavy atom. The van der Waals surface area contributed by atoms with Crippen LogP contribution in [0.15, 0.2) is 54.6 Å². The summed E-state index contributed by atoms with van der Waals surface area (Å²) < 4.78 is 11.5. The first-order valence-corrected chi connectivity index (χ1v) is 12.7. The van der Waals surface area contributed by atoms with Crippen molar-refractivity contribution in [1.29, 1.82) is 0 Å². The Morgan fingerprint density at radius 2 is 1.57 bits per heavy atom. The number of ketones is 1. The van der Waals surface area contributed by atoms with Gasteiger partial charge in [-0.2, -0.15) is 0 Å². The molecule has 1 N–H and O–H groups in total. The number of esters is 1. The number of carbonyl (C=O) groups excluding carboxylic acids is 4. The number of hydrogen-bond donors (Lipinski definition) is 1. The largest absolute Gasteiger partial charge is 0.469 e. The maximum Gasteiger partial charge on any atom is 0.338 e. The fraction of sp³-hybridized carbons (Fsp3) is 0.448. The molecule has 0 spiro atoms. The highest BCUT2D eigenvalue weighted by Crippen LogP contribution is 2.46. The number of β-lactam (4-membered cyclic amide) rings is 1. The summed E-state index contributed by atoms with van der Waals surface area (Å²) in [7, 11) is 0. The molecule has 8 heteroatoms. The number of carbonyl (C=O) groups is 4. The minimum atomic E-state index is -0.815. The Hall–Kier alpha value is -3.68. The second-order valence-electron chi connectivity index (χ2n) is 10.2. The summed E-state index contributed by atoms with van der Waals surface area (Å²) in [5.41, 5.74) is -0.412. The van der Waals surface area contributed by atoms with Crippen LogP contribution in [0.5, 0.6) is 5.75 Å². The zero-order valence-corrected chi connectivity index (χ0v) is 22.2. The Kier molecular flexibility index (Phi) is 8.73. The monoisotopic (exact) mass is 508 g/mol. The molecule has 0 bridgehead atoms. The van der Waals surface area contributed by atoms with Gasteiger partial charge in [0.25, 0.3) is 0 Å². The maximum atomic E-state index is 13.1. The molecule has 3 rings (SSSR count). The average Bonchev–Trinajstić information content (AvgIpc) is 2.87. The highest BCUT2D eigenvalue weighted by Gasteiger charge is 2.62. The van der Waals surface area contributed by atoms with Crippen molar-refractivity contribution in [3.63, 3.8) is 0 Å². The first-order chi connectivity index (χ1) is 17.5. The third-order valence-electron chi connectivity index (χ3n) is 6.52. The summed E-state index contributed by atoms with van der Waals surface area (Å²) in [4.78, 5) is 51.6. The fourth-order valence-corrected chi connectivity index (χ4v) is 4.33. The number of likely N-dealkylation sites (tertiary alicyclic amines) is 1. The van der Waals surface area contributed by atoms with Gasteiger partial charge in [-0.25, -0.2) is 14.5 Å². The zero-order chi connectivity index (χ0) is 27.2. The summed E-state index contributed by atoms with van der Waals surface area (Å²) in [6, 6.07) is 14.9. The predicted molar refractivity (Wildman–Crippen MR) is 139 cm³/mol. The van der Waals surface area contributed by atoms with Gasteiger partial charge in [-0.05, 0) is 64.3 Å². The Bertz CT molecular complexity index is 1120. The van der Waals surface area contributed by atoms with Crippen LogP contribution in [0.4, 0.5) is 4.79 Å². The normalized spacial score (nSPS) is 16.5. The third-order valence-corrected chi connectivity index (χ3v) is 6.52. The van der Waals surface area contributed by atoms with Crippen LogP contribution in [-0.2, 0) is 9.53 Å². The van der Waals surface area contributed by atoms with Crippen LogP contribution in [0, 0.1) is 5.41 Å². The molecule has 1 unspecified atom stereocenters. The van der Waals surface area contributed by atoms with Crippen molar-refractivity contribution in [3.8, 4) is 5.75 Å². The molecule has 1 aliphatic heterocycles. The van der Waals surface area contributed by atoms with Gasteiger partial charge in [0.1, 0.15) is 16.8 Å². The first kappa shape index (κ1) is 27.9. The highest BCUT2D eigenvalue weighted by atomic mass is 16.6. The van der Waals surface area contributed by atoms with Gasteiger partial charge in [0.05, 0.1) is 5.56 Å². The van der Waals surface area contributed by atoms with E-state index in [0.717, 1.165) is 4.90 Å². The summed E-state index contributed by atoms with van der Waals surface area (Å²) in [6.45, 7) is 9.44. The number of urea groups is 1. The molecule has 2 aromatic rings. The molecular weight excluding hydrogens is 472 g/mol.